The first-order valence-corrected chi connectivity index (χ1v) is 18.0. The topological polar surface area (TPSA) is 72.3 Å². The molecule has 0 aliphatic heterocycles. The van der Waals surface area contributed by atoms with Crippen molar-refractivity contribution in [1.29, 1.82) is 5.26 Å². The van der Waals surface area contributed by atoms with Crippen molar-refractivity contribution >= 4 is 43.6 Å². The molecule has 0 amide bonds. The normalized spacial score (nSPS) is 11.5. The number of fused-ring (bicyclic) bond motifs is 6. The van der Waals surface area contributed by atoms with Crippen LogP contribution in [0.5, 0.6) is 0 Å². The highest BCUT2D eigenvalue weighted by Crippen LogP contribution is 2.41. The van der Waals surface area contributed by atoms with E-state index >= 15 is 0 Å². The van der Waals surface area contributed by atoms with Gasteiger partial charge in [0.1, 0.15) is 0 Å². The second kappa shape index (κ2) is 12.4. The van der Waals surface area contributed by atoms with E-state index in [0.717, 1.165) is 66.1 Å². The smallest absolute Gasteiger partial charge is 0.165 e. The van der Waals surface area contributed by atoms with E-state index in [1.165, 1.54) is 11.1 Å². The van der Waals surface area contributed by atoms with Gasteiger partial charge < -0.3 is 9.13 Å². The number of hydrogen-bond acceptors (Lipinski definition) is 4. The molecule has 7 aromatic carbocycles. The molecule has 0 fully saturated rings. The van der Waals surface area contributed by atoms with Gasteiger partial charge in [0.05, 0.1) is 45.1 Å². The molecular weight excluding hydrogens is 661 g/mol. The summed E-state index contributed by atoms with van der Waals surface area (Å²) in [5, 5.41) is 15.6. The van der Waals surface area contributed by atoms with Crippen molar-refractivity contribution in [1.82, 2.24) is 24.1 Å². The third kappa shape index (κ3) is 4.98. The van der Waals surface area contributed by atoms with Crippen LogP contribution < -0.4 is 0 Å². The highest BCUT2D eigenvalue weighted by atomic mass is 15.1. The van der Waals surface area contributed by atoms with Gasteiger partial charge in [-0.1, -0.05) is 120 Å². The van der Waals surface area contributed by atoms with Crippen LogP contribution >= 0.6 is 0 Å². The van der Waals surface area contributed by atoms with Gasteiger partial charge in [0.2, 0.25) is 0 Å². The molecule has 3 heterocycles. The first-order valence-electron chi connectivity index (χ1n) is 18.0. The summed E-state index contributed by atoms with van der Waals surface area (Å²) in [7, 11) is 0. The summed E-state index contributed by atoms with van der Waals surface area (Å²) in [6.07, 6.45) is 0. The van der Waals surface area contributed by atoms with Crippen LogP contribution in [-0.4, -0.2) is 24.1 Å². The number of hydrogen-bond donors (Lipinski definition) is 0. The Morgan fingerprint density at radius 3 is 1.35 bits per heavy atom. The average molecular weight is 693 g/mol. The molecule has 0 spiro atoms. The second-order valence-corrected chi connectivity index (χ2v) is 13.8. The molecule has 0 atom stereocenters. The van der Waals surface area contributed by atoms with Crippen molar-refractivity contribution < 1.29 is 0 Å². The minimum Gasteiger partial charge on any atom is -0.307 e. The molecule has 254 valence electrons. The van der Waals surface area contributed by atoms with Crippen LogP contribution in [0.15, 0.2) is 158 Å². The summed E-state index contributed by atoms with van der Waals surface area (Å²) in [6, 6.07) is 56.8. The number of nitriles is 1. The number of benzene rings is 7. The standard InChI is InChI=1S/C48H32N6/c1-30-21-23-42-38(25-30)35-17-9-11-19-40(35)53(42)44-27-34(29-49)37(28-45(44)54-41-20-12-10-18-36(41)39-26-31(2)22-24-43(39)54)48-51-46(32-13-5-3-6-14-32)50-47(52-48)33-15-7-4-8-16-33/h3-28H,1-2H3. The molecule has 6 heteroatoms. The van der Waals surface area contributed by atoms with Crippen LogP contribution in [0.25, 0.3) is 89.2 Å². The van der Waals surface area contributed by atoms with Crippen LogP contribution in [0.4, 0.5) is 0 Å². The Morgan fingerprint density at radius 1 is 0.426 bits per heavy atom. The minimum absolute atomic E-state index is 0.432. The van der Waals surface area contributed by atoms with Crippen molar-refractivity contribution in [3.63, 3.8) is 0 Å². The van der Waals surface area contributed by atoms with Gasteiger partial charge in [-0.3, -0.25) is 0 Å². The van der Waals surface area contributed by atoms with Crippen LogP contribution in [0, 0.1) is 25.2 Å². The lowest BCUT2D eigenvalue weighted by molar-refractivity contribution is 1.06. The van der Waals surface area contributed by atoms with Crippen LogP contribution in [0.2, 0.25) is 0 Å². The SMILES string of the molecule is Cc1ccc2c(c1)c1ccccc1n2-c1cc(C#N)c(-c2nc(-c3ccccc3)nc(-c3ccccc3)n2)cc1-n1c2ccccc2c2cc(C)ccc21. The van der Waals surface area contributed by atoms with Gasteiger partial charge in [-0.2, -0.15) is 5.26 Å². The molecule has 0 saturated carbocycles. The molecule has 0 bridgehead atoms. The van der Waals surface area contributed by atoms with Gasteiger partial charge in [0.15, 0.2) is 17.5 Å². The number of nitrogens with zero attached hydrogens (tertiary/aromatic N) is 6. The maximum atomic E-state index is 11.0. The molecule has 0 aliphatic carbocycles. The van der Waals surface area contributed by atoms with E-state index in [0.29, 0.717) is 28.6 Å². The summed E-state index contributed by atoms with van der Waals surface area (Å²) in [5.74, 6) is 1.51. The predicted molar refractivity (Wildman–Crippen MR) is 219 cm³/mol. The molecule has 0 N–H and O–H groups in total. The number of para-hydroxylation sites is 2. The molecule has 54 heavy (non-hydrogen) atoms. The molecule has 3 aromatic heterocycles. The van der Waals surface area contributed by atoms with Crippen molar-refractivity contribution in [3.05, 3.63) is 174 Å². The third-order valence-electron chi connectivity index (χ3n) is 10.3. The lowest BCUT2D eigenvalue weighted by Gasteiger charge is -2.19. The highest BCUT2D eigenvalue weighted by molar-refractivity contribution is 6.12. The Bertz CT molecular complexity index is 3070. The van der Waals surface area contributed by atoms with E-state index in [1.54, 1.807) is 0 Å². The Kier molecular flexibility index (Phi) is 7.21. The Hall–Kier alpha value is -7.36. The zero-order valence-electron chi connectivity index (χ0n) is 29.7. The van der Waals surface area contributed by atoms with E-state index < -0.39 is 0 Å². The Balaban J connectivity index is 1.35. The van der Waals surface area contributed by atoms with E-state index in [9.17, 15) is 5.26 Å². The molecule has 0 radical (unpaired) electrons. The summed E-state index contributed by atoms with van der Waals surface area (Å²) >= 11 is 0. The summed E-state index contributed by atoms with van der Waals surface area (Å²) in [6.45, 7) is 4.26. The van der Waals surface area contributed by atoms with Gasteiger partial charge >= 0.3 is 0 Å². The second-order valence-electron chi connectivity index (χ2n) is 13.8. The lowest BCUT2D eigenvalue weighted by atomic mass is 10.0. The van der Waals surface area contributed by atoms with Gasteiger partial charge in [-0.25, -0.2) is 15.0 Å². The summed E-state index contributed by atoms with van der Waals surface area (Å²) in [4.78, 5) is 15.1. The number of aromatic nitrogens is 5. The van der Waals surface area contributed by atoms with Crippen molar-refractivity contribution in [3.8, 4) is 51.6 Å². The molecular formula is C48H32N6. The van der Waals surface area contributed by atoms with Gasteiger partial charge in [0.25, 0.3) is 0 Å². The first-order chi connectivity index (χ1) is 26.6. The number of rotatable bonds is 5. The van der Waals surface area contributed by atoms with E-state index in [-0.39, 0.29) is 0 Å². The van der Waals surface area contributed by atoms with Crippen molar-refractivity contribution in [2.75, 3.05) is 0 Å². The van der Waals surface area contributed by atoms with Crippen LogP contribution in [0.1, 0.15) is 16.7 Å². The van der Waals surface area contributed by atoms with E-state index in [1.807, 2.05) is 66.7 Å². The van der Waals surface area contributed by atoms with Crippen molar-refractivity contribution in [2.45, 2.75) is 13.8 Å². The van der Waals surface area contributed by atoms with Crippen molar-refractivity contribution in [2.24, 2.45) is 0 Å². The first kappa shape index (κ1) is 31.4. The lowest BCUT2D eigenvalue weighted by Crippen LogP contribution is -2.07. The maximum Gasteiger partial charge on any atom is 0.165 e. The fourth-order valence-corrected chi connectivity index (χ4v) is 7.83. The maximum absolute atomic E-state index is 11.0. The summed E-state index contributed by atoms with van der Waals surface area (Å²) < 4.78 is 4.63. The molecule has 6 nitrogen and oxygen atoms in total. The fraction of sp³-hybridized carbons (Fsp3) is 0.0417. The molecule has 0 saturated heterocycles. The highest BCUT2D eigenvalue weighted by Gasteiger charge is 2.24. The quantitative estimate of drug-likeness (QED) is 0.180. The Morgan fingerprint density at radius 2 is 0.852 bits per heavy atom. The summed E-state index contributed by atoms with van der Waals surface area (Å²) in [5.41, 5.74) is 11.3. The average Bonchev–Trinajstić information content (AvgIpc) is 3.72. The van der Waals surface area contributed by atoms with Crippen LogP contribution in [0.3, 0.4) is 0 Å². The monoisotopic (exact) mass is 692 g/mol. The van der Waals surface area contributed by atoms with Gasteiger partial charge in [-0.15, -0.1) is 0 Å². The number of aryl methyl sites for hydroxylation is 2. The Labute approximate surface area is 311 Å². The van der Waals surface area contributed by atoms with Crippen LogP contribution in [-0.2, 0) is 0 Å². The predicted octanol–water partition coefficient (Wildman–Crippen LogP) is 11.6. The minimum atomic E-state index is 0.432. The molecule has 0 unspecified atom stereocenters. The van der Waals surface area contributed by atoms with Gasteiger partial charge in [0, 0.05) is 38.2 Å². The third-order valence-corrected chi connectivity index (χ3v) is 10.3. The molecule has 10 aromatic rings. The zero-order valence-corrected chi connectivity index (χ0v) is 29.7. The van der Waals surface area contributed by atoms with E-state index in [2.05, 4.69) is 120 Å². The zero-order chi connectivity index (χ0) is 36.3. The fourth-order valence-electron chi connectivity index (χ4n) is 7.83. The van der Waals surface area contributed by atoms with E-state index in [4.69, 9.17) is 15.0 Å². The largest absolute Gasteiger partial charge is 0.307 e. The molecule has 10 rings (SSSR count). The molecule has 0 aliphatic rings. The van der Waals surface area contributed by atoms with Gasteiger partial charge in [-0.05, 0) is 62.4 Å².